The second-order valence-corrected chi connectivity index (χ2v) is 7.85. The van der Waals surface area contributed by atoms with Gasteiger partial charge in [-0.1, -0.05) is 6.07 Å². The molecule has 2 aromatic carbocycles. The van der Waals surface area contributed by atoms with Crippen LogP contribution in [-0.2, 0) is 23.9 Å². The van der Waals surface area contributed by atoms with Gasteiger partial charge in [-0.25, -0.2) is 0 Å². The van der Waals surface area contributed by atoms with Crippen molar-refractivity contribution >= 4 is 40.8 Å². The van der Waals surface area contributed by atoms with Gasteiger partial charge < -0.3 is 30.5 Å². The molecular weight excluding hydrogens is 456 g/mol. The molecule has 1 heterocycles. The zero-order valence-corrected chi connectivity index (χ0v) is 18.9. The number of benzene rings is 2. The summed E-state index contributed by atoms with van der Waals surface area (Å²) in [4.78, 5) is 49.7. The molecule has 1 saturated heterocycles. The summed E-state index contributed by atoms with van der Waals surface area (Å²) in [6.45, 7) is 1.97. The van der Waals surface area contributed by atoms with E-state index in [9.17, 15) is 24.3 Å². The van der Waals surface area contributed by atoms with E-state index < -0.39 is 35.9 Å². The first-order valence-electron chi connectivity index (χ1n) is 10.7. The number of nitrogens with one attached hydrogen (secondary N) is 2. The van der Waals surface area contributed by atoms with Crippen LogP contribution in [0.4, 0.5) is 17.1 Å². The molecule has 182 valence electrons. The van der Waals surface area contributed by atoms with Gasteiger partial charge in [0, 0.05) is 30.0 Å². The molecule has 2 atom stereocenters. The molecule has 4 N–H and O–H groups in total. The SMILES string of the molecule is Cc1ccc(N2CCO[C@H]([C@@H](O)C(=O)Nc3ccc(C#N)cc3)C2=O)cc1NC(=O)CCC(=O)O. The predicted octanol–water partition coefficient (Wildman–Crippen LogP) is 1.40. The Hall–Kier alpha value is -4.27. The summed E-state index contributed by atoms with van der Waals surface area (Å²) in [5.74, 6) is -3.04. The highest BCUT2D eigenvalue weighted by Crippen LogP contribution is 2.26. The Kier molecular flexibility index (Phi) is 8.14. The standard InChI is InChI=1S/C24H24N4O7/c1-14-2-7-17(12-18(14)27-19(29)8-9-20(30)31)28-10-11-35-22(24(28)34)21(32)23(33)26-16-5-3-15(13-25)4-6-16/h2-7,12,21-22,32H,8-11H2,1H3,(H,26,33)(H,27,29)(H,30,31)/t21-,22-/m1/s1. The van der Waals surface area contributed by atoms with Gasteiger partial charge in [0.15, 0.2) is 12.2 Å². The summed E-state index contributed by atoms with van der Waals surface area (Å²) >= 11 is 0. The van der Waals surface area contributed by atoms with E-state index in [1.165, 1.54) is 29.2 Å². The summed E-state index contributed by atoms with van der Waals surface area (Å²) < 4.78 is 5.40. The van der Waals surface area contributed by atoms with Crippen molar-refractivity contribution in [2.75, 3.05) is 28.7 Å². The smallest absolute Gasteiger partial charge is 0.303 e. The first-order valence-corrected chi connectivity index (χ1v) is 10.7. The van der Waals surface area contributed by atoms with E-state index in [2.05, 4.69) is 10.6 Å². The molecule has 1 aliphatic heterocycles. The van der Waals surface area contributed by atoms with Gasteiger partial charge in [0.1, 0.15) is 0 Å². The van der Waals surface area contributed by atoms with Gasteiger partial charge in [-0.05, 0) is 48.9 Å². The Morgan fingerprint density at radius 2 is 1.89 bits per heavy atom. The Balaban J connectivity index is 1.70. The van der Waals surface area contributed by atoms with Gasteiger partial charge in [-0.2, -0.15) is 5.26 Å². The van der Waals surface area contributed by atoms with E-state index in [1.807, 2.05) is 6.07 Å². The molecule has 2 aromatic rings. The number of morpholine rings is 1. The minimum atomic E-state index is -1.79. The molecule has 11 nitrogen and oxygen atoms in total. The minimum absolute atomic E-state index is 0.0613. The third-order valence-electron chi connectivity index (χ3n) is 5.33. The van der Waals surface area contributed by atoms with Crippen LogP contribution < -0.4 is 15.5 Å². The van der Waals surface area contributed by atoms with Crippen molar-refractivity contribution in [2.45, 2.75) is 32.0 Å². The molecule has 1 fully saturated rings. The maximum atomic E-state index is 13.1. The average Bonchev–Trinajstić information content (AvgIpc) is 2.84. The fourth-order valence-electron chi connectivity index (χ4n) is 3.42. The maximum absolute atomic E-state index is 13.1. The highest BCUT2D eigenvalue weighted by atomic mass is 16.5. The second kappa shape index (κ2) is 11.2. The number of hydrogen-bond acceptors (Lipinski definition) is 7. The Labute approximate surface area is 200 Å². The fourth-order valence-corrected chi connectivity index (χ4v) is 3.42. The van der Waals surface area contributed by atoms with E-state index in [4.69, 9.17) is 15.1 Å². The molecule has 11 heteroatoms. The molecule has 0 unspecified atom stereocenters. The van der Waals surface area contributed by atoms with Gasteiger partial charge in [0.05, 0.1) is 24.7 Å². The topological polar surface area (TPSA) is 169 Å². The zero-order valence-electron chi connectivity index (χ0n) is 18.9. The number of carbonyl (C=O) groups is 4. The molecular formula is C24H24N4O7. The Morgan fingerprint density at radius 3 is 2.54 bits per heavy atom. The normalized spacial score (nSPS) is 16.2. The number of anilines is 3. The number of carbonyl (C=O) groups excluding carboxylic acids is 3. The summed E-state index contributed by atoms with van der Waals surface area (Å²) in [7, 11) is 0. The molecule has 35 heavy (non-hydrogen) atoms. The number of carboxylic acids is 1. The number of nitrogens with zero attached hydrogens (tertiary/aromatic N) is 2. The molecule has 1 aliphatic rings. The third kappa shape index (κ3) is 6.41. The predicted molar refractivity (Wildman–Crippen MR) is 125 cm³/mol. The number of rotatable bonds is 8. The lowest BCUT2D eigenvalue weighted by Gasteiger charge is -2.34. The second-order valence-electron chi connectivity index (χ2n) is 7.85. The first-order chi connectivity index (χ1) is 16.7. The number of carboxylic acid groups (broad SMARTS) is 1. The van der Waals surface area contributed by atoms with E-state index >= 15 is 0 Å². The number of aliphatic hydroxyl groups excluding tert-OH is 1. The molecule has 0 saturated carbocycles. The largest absolute Gasteiger partial charge is 0.481 e. The van der Waals surface area contributed by atoms with E-state index in [1.54, 1.807) is 25.1 Å². The van der Waals surface area contributed by atoms with Crippen LogP contribution in [0.5, 0.6) is 0 Å². The fraction of sp³-hybridized carbons (Fsp3) is 0.292. The van der Waals surface area contributed by atoms with Crippen LogP contribution in [0.3, 0.4) is 0 Å². The van der Waals surface area contributed by atoms with Gasteiger partial charge in [-0.3, -0.25) is 19.2 Å². The van der Waals surface area contributed by atoms with Gasteiger partial charge in [-0.15, -0.1) is 0 Å². The number of aliphatic hydroxyl groups is 1. The quantitative estimate of drug-likeness (QED) is 0.439. The molecule has 0 bridgehead atoms. The lowest BCUT2D eigenvalue weighted by atomic mass is 10.1. The molecule has 0 aromatic heterocycles. The zero-order chi connectivity index (χ0) is 25.5. The van der Waals surface area contributed by atoms with Crippen molar-refractivity contribution in [3.63, 3.8) is 0 Å². The van der Waals surface area contributed by atoms with Crippen LogP contribution in [0.25, 0.3) is 0 Å². The summed E-state index contributed by atoms with van der Waals surface area (Å²) in [5.41, 5.74) is 2.28. The van der Waals surface area contributed by atoms with Crippen LogP contribution in [-0.4, -0.2) is 59.3 Å². The average molecular weight is 480 g/mol. The van der Waals surface area contributed by atoms with Crippen LogP contribution in [0, 0.1) is 18.3 Å². The van der Waals surface area contributed by atoms with Crippen LogP contribution in [0.15, 0.2) is 42.5 Å². The van der Waals surface area contributed by atoms with Crippen molar-refractivity contribution in [3.8, 4) is 6.07 Å². The van der Waals surface area contributed by atoms with Crippen LogP contribution >= 0.6 is 0 Å². The van der Waals surface area contributed by atoms with Crippen molar-refractivity contribution < 1.29 is 34.1 Å². The number of ether oxygens (including phenoxy) is 1. The first kappa shape index (κ1) is 25.4. The van der Waals surface area contributed by atoms with Gasteiger partial charge in [0.2, 0.25) is 5.91 Å². The summed E-state index contributed by atoms with van der Waals surface area (Å²) in [5, 5.41) is 33.2. The highest BCUT2D eigenvalue weighted by molar-refractivity contribution is 6.04. The van der Waals surface area contributed by atoms with Gasteiger partial charge in [0.25, 0.3) is 11.8 Å². The Bertz CT molecular complexity index is 1170. The van der Waals surface area contributed by atoms with Crippen molar-refractivity contribution in [2.24, 2.45) is 0 Å². The lowest BCUT2D eigenvalue weighted by molar-refractivity contribution is -0.150. The molecule has 3 amide bonds. The molecule has 3 rings (SSSR count). The number of nitriles is 1. The van der Waals surface area contributed by atoms with Crippen LogP contribution in [0.2, 0.25) is 0 Å². The maximum Gasteiger partial charge on any atom is 0.303 e. The van der Waals surface area contributed by atoms with Crippen molar-refractivity contribution in [1.82, 2.24) is 0 Å². The molecule has 0 aliphatic carbocycles. The molecule has 0 spiro atoms. The van der Waals surface area contributed by atoms with Crippen molar-refractivity contribution in [1.29, 1.82) is 5.26 Å². The monoisotopic (exact) mass is 480 g/mol. The van der Waals surface area contributed by atoms with Gasteiger partial charge >= 0.3 is 5.97 Å². The third-order valence-corrected chi connectivity index (χ3v) is 5.33. The lowest BCUT2D eigenvalue weighted by Crippen LogP contribution is -2.55. The van der Waals surface area contributed by atoms with E-state index in [0.717, 1.165) is 0 Å². The summed E-state index contributed by atoms with van der Waals surface area (Å²) in [6, 6.07) is 12.9. The van der Waals surface area contributed by atoms with Crippen molar-refractivity contribution in [3.05, 3.63) is 53.6 Å². The number of amides is 3. The van der Waals surface area contributed by atoms with E-state index in [0.29, 0.717) is 28.2 Å². The van der Waals surface area contributed by atoms with Crippen LogP contribution in [0.1, 0.15) is 24.0 Å². The summed E-state index contributed by atoms with van der Waals surface area (Å²) in [6.07, 6.45) is -3.74. The number of aliphatic carboxylic acids is 1. The number of hydrogen-bond donors (Lipinski definition) is 4. The minimum Gasteiger partial charge on any atom is -0.481 e. The highest BCUT2D eigenvalue weighted by Gasteiger charge is 2.39. The molecule has 0 radical (unpaired) electrons. The number of aryl methyl sites for hydroxylation is 1. The Morgan fingerprint density at radius 1 is 1.17 bits per heavy atom. The van der Waals surface area contributed by atoms with E-state index in [-0.39, 0.29) is 26.0 Å².